The first-order valence-corrected chi connectivity index (χ1v) is 9.56. The maximum absolute atomic E-state index is 15.0. The summed E-state index contributed by atoms with van der Waals surface area (Å²) in [7, 11) is 0. The number of anilines is 2. The van der Waals surface area contributed by atoms with E-state index < -0.39 is 30.0 Å². The standard InChI is InChI=1S/C18H21F4N5O3/c1-10-8-29-6-5-26(10)15-14(19)16(28)27-13(18(20,21)22)3-4-25(17(27)23-15)7-12-9-30-24-11(12)2/h9-10,13H,3-8H2,1-2H3. The number of ether oxygens (including phenoxy) is 1. The summed E-state index contributed by atoms with van der Waals surface area (Å²) in [6.45, 7) is 4.48. The molecule has 164 valence electrons. The first-order chi connectivity index (χ1) is 14.2. The Labute approximate surface area is 169 Å². The van der Waals surface area contributed by atoms with Crippen molar-refractivity contribution in [2.24, 2.45) is 0 Å². The van der Waals surface area contributed by atoms with Crippen LogP contribution in [-0.2, 0) is 11.3 Å². The Morgan fingerprint density at radius 2 is 2.07 bits per heavy atom. The zero-order chi connectivity index (χ0) is 21.6. The van der Waals surface area contributed by atoms with Crippen molar-refractivity contribution in [1.82, 2.24) is 14.7 Å². The Kier molecular flexibility index (Phi) is 5.20. The lowest BCUT2D eigenvalue weighted by Crippen LogP contribution is -2.49. The molecule has 2 aromatic heterocycles. The van der Waals surface area contributed by atoms with Gasteiger partial charge >= 0.3 is 6.18 Å². The third-order valence-corrected chi connectivity index (χ3v) is 5.52. The quantitative estimate of drug-likeness (QED) is 0.691. The van der Waals surface area contributed by atoms with Gasteiger partial charge in [0.15, 0.2) is 5.82 Å². The molecule has 0 saturated carbocycles. The minimum absolute atomic E-state index is 0.00895. The number of alkyl halides is 3. The first-order valence-electron chi connectivity index (χ1n) is 9.56. The number of fused-ring (bicyclic) bond motifs is 1. The second-order valence-electron chi connectivity index (χ2n) is 7.53. The zero-order valence-corrected chi connectivity index (χ0v) is 16.4. The summed E-state index contributed by atoms with van der Waals surface area (Å²) in [5.41, 5.74) is -0.111. The number of hydrogen-bond donors (Lipinski definition) is 0. The molecule has 0 N–H and O–H groups in total. The molecule has 2 unspecified atom stereocenters. The van der Waals surface area contributed by atoms with Crippen LogP contribution in [0, 0.1) is 12.7 Å². The second kappa shape index (κ2) is 7.56. The van der Waals surface area contributed by atoms with Gasteiger partial charge in [0.2, 0.25) is 11.8 Å². The number of aryl methyl sites for hydroxylation is 1. The number of nitrogens with zero attached hydrogens (tertiary/aromatic N) is 5. The van der Waals surface area contributed by atoms with Crippen molar-refractivity contribution in [3.63, 3.8) is 0 Å². The molecule has 0 aromatic carbocycles. The van der Waals surface area contributed by atoms with Gasteiger partial charge in [0.05, 0.1) is 31.5 Å². The van der Waals surface area contributed by atoms with Gasteiger partial charge in [-0.15, -0.1) is 0 Å². The summed E-state index contributed by atoms with van der Waals surface area (Å²) in [6.07, 6.45) is -3.71. The smallest absolute Gasteiger partial charge is 0.377 e. The molecular formula is C18H21F4N5O3. The molecule has 0 bridgehead atoms. The highest BCUT2D eigenvalue weighted by Crippen LogP contribution is 2.39. The Bertz CT molecular complexity index is 989. The van der Waals surface area contributed by atoms with Gasteiger partial charge in [-0.25, -0.2) is 0 Å². The van der Waals surface area contributed by atoms with Crippen LogP contribution in [0.25, 0.3) is 0 Å². The van der Waals surface area contributed by atoms with Crippen molar-refractivity contribution in [3.05, 3.63) is 33.7 Å². The Morgan fingerprint density at radius 1 is 1.30 bits per heavy atom. The van der Waals surface area contributed by atoms with E-state index in [4.69, 9.17) is 9.26 Å². The van der Waals surface area contributed by atoms with E-state index in [0.717, 1.165) is 0 Å². The fourth-order valence-corrected chi connectivity index (χ4v) is 3.86. The summed E-state index contributed by atoms with van der Waals surface area (Å²) in [6, 6.07) is -2.42. The van der Waals surface area contributed by atoms with Crippen LogP contribution >= 0.6 is 0 Å². The highest BCUT2D eigenvalue weighted by Gasteiger charge is 2.46. The van der Waals surface area contributed by atoms with Gasteiger partial charge in [-0.3, -0.25) is 9.36 Å². The number of halogens is 4. The molecule has 2 atom stereocenters. The van der Waals surface area contributed by atoms with Gasteiger partial charge < -0.3 is 19.1 Å². The van der Waals surface area contributed by atoms with Gasteiger partial charge in [0, 0.05) is 18.7 Å². The Hall–Kier alpha value is -2.63. The maximum atomic E-state index is 15.0. The topological polar surface area (TPSA) is 76.6 Å². The Morgan fingerprint density at radius 3 is 2.70 bits per heavy atom. The van der Waals surface area contributed by atoms with Crippen LogP contribution in [0.2, 0.25) is 0 Å². The van der Waals surface area contributed by atoms with Gasteiger partial charge in [0.1, 0.15) is 12.3 Å². The fourth-order valence-electron chi connectivity index (χ4n) is 3.86. The van der Waals surface area contributed by atoms with Crippen LogP contribution in [0.3, 0.4) is 0 Å². The van der Waals surface area contributed by atoms with Gasteiger partial charge in [-0.2, -0.15) is 22.5 Å². The van der Waals surface area contributed by atoms with E-state index in [1.165, 1.54) is 11.2 Å². The van der Waals surface area contributed by atoms with Crippen LogP contribution in [0.15, 0.2) is 15.6 Å². The molecule has 1 fully saturated rings. The van der Waals surface area contributed by atoms with E-state index in [2.05, 4.69) is 10.1 Å². The van der Waals surface area contributed by atoms with Crippen molar-refractivity contribution >= 4 is 11.8 Å². The molecule has 2 aliphatic heterocycles. The number of morpholine rings is 1. The number of rotatable bonds is 3. The van der Waals surface area contributed by atoms with Crippen molar-refractivity contribution in [3.8, 4) is 0 Å². The SMILES string of the molecule is Cc1nocc1CN1CCC(C(F)(F)F)n2c1nc(N1CCOCC1C)c(F)c2=O. The molecule has 4 heterocycles. The van der Waals surface area contributed by atoms with E-state index in [-0.39, 0.29) is 37.4 Å². The highest BCUT2D eigenvalue weighted by molar-refractivity contribution is 5.48. The average molecular weight is 431 g/mol. The molecule has 2 aromatic rings. The summed E-state index contributed by atoms with van der Waals surface area (Å²) < 4.78 is 66.6. The van der Waals surface area contributed by atoms with Crippen molar-refractivity contribution in [1.29, 1.82) is 0 Å². The third-order valence-electron chi connectivity index (χ3n) is 5.52. The monoisotopic (exact) mass is 431 g/mol. The molecule has 8 nitrogen and oxygen atoms in total. The van der Waals surface area contributed by atoms with Gasteiger partial charge in [-0.1, -0.05) is 5.16 Å². The lowest BCUT2D eigenvalue weighted by Gasteiger charge is -2.39. The number of aromatic nitrogens is 3. The molecule has 12 heteroatoms. The summed E-state index contributed by atoms with van der Waals surface area (Å²) >= 11 is 0. The van der Waals surface area contributed by atoms with E-state index in [1.54, 1.807) is 18.7 Å². The molecule has 0 aliphatic carbocycles. The predicted molar refractivity (Wildman–Crippen MR) is 98.1 cm³/mol. The first kappa shape index (κ1) is 20.6. The molecule has 0 spiro atoms. The third kappa shape index (κ3) is 3.53. The van der Waals surface area contributed by atoms with E-state index >= 15 is 0 Å². The molecular weight excluding hydrogens is 410 g/mol. The van der Waals surface area contributed by atoms with Gasteiger partial charge in [0.25, 0.3) is 5.56 Å². The fraction of sp³-hybridized carbons (Fsp3) is 0.611. The molecule has 2 aliphatic rings. The van der Waals surface area contributed by atoms with Crippen molar-refractivity contribution in [2.75, 3.05) is 36.1 Å². The van der Waals surface area contributed by atoms with Crippen LogP contribution in [-0.4, -0.2) is 53.2 Å². The van der Waals surface area contributed by atoms with Crippen LogP contribution in [0.1, 0.15) is 30.6 Å². The van der Waals surface area contributed by atoms with Crippen LogP contribution in [0.4, 0.5) is 29.3 Å². The van der Waals surface area contributed by atoms with E-state index in [1.807, 2.05) is 0 Å². The molecule has 0 amide bonds. The molecule has 1 saturated heterocycles. The van der Waals surface area contributed by atoms with Crippen molar-refractivity contribution < 1.29 is 26.8 Å². The molecule has 0 radical (unpaired) electrons. The number of hydrogen-bond acceptors (Lipinski definition) is 7. The second-order valence-corrected chi connectivity index (χ2v) is 7.53. The van der Waals surface area contributed by atoms with Crippen molar-refractivity contribution in [2.45, 2.75) is 45.1 Å². The largest absolute Gasteiger partial charge is 0.409 e. The molecule has 4 rings (SSSR count). The highest BCUT2D eigenvalue weighted by atomic mass is 19.4. The summed E-state index contributed by atoms with van der Waals surface area (Å²) in [5, 5.41) is 3.77. The predicted octanol–water partition coefficient (Wildman–Crippen LogP) is 2.42. The van der Waals surface area contributed by atoms with E-state index in [0.29, 0.717) is 29.0 Å². The lowest BCUT2D eigenvalue weighted by molar-refractivity contribution is -0.171. The normalized spacial score (nSPS) is 22.3. The van der Waals surface area contributed by atoms with Crippen LogP contribution < -0.4 is 15.4 Å². The van der Waals surface area contributed by atoms with Gasteiger partial charge in [-0.05, 0) is 20.3 Å². The Balaban J connectivity index is 1.84. The lowest BCUT2D eigenvalue weighted by atomic mass is 10.1. The minimum Gasteiger partial charge on any atom is -0.377 e. The minimum atomic E-state index is -4.71. The van der Waals surface area contributed by atoms with E-state index in [9.17, 15) is 22.4 Å². The average Bonchev–Trinajstić information content (AvgIpc) is 3.09. The van der Waals surface area contributed by atoms with Crippen LogP contribution in [0.5, 0.6) is 0 Å². The molecule has 30 heavy (non-hydrogen) atoms. The summed E-state index contributed by atoms with van der Waals surface area (Å²) in [4.78, 5) is 20.1. The zero-order valence-electron chi connectivity index (χ0n) is 16.4. The maximum Gasteiger partial charge on any atom is 0.409 e. The summed E-state index contributed by atoms with van der Waals surface area (Å²) in [5.74, 6) is -1.76.